The normalized spacial score (nSPS) is 13.1. The van der Waals surface area contributed by atoms with Gasteiger partial charge in [-0.2, -0.15) is 0 Å². The molecule has 0 aromatic rings. The Morgan fingerprint density at radius 2 is 1.08 bits per heavy atom. The molecule has 0 fully saturated rings. The Balaban J connectivity index is 3.28. The van der Waals surface area contributed by atoms with Gasteiger partial charge in [-0.1, -0.05) is 41.5 Å². The van der Waals surface area contributed by atoms with Crippen molar-refractivity contribution in [2.24, 2.45) is 10.8 Å². The van der Waals surface area contributed by atoms with E-state index >= 15 is 0 Å². The fraction of sp³-hybridized carbons (Fsp3) is 1.00. The highest BCUT2D eigenvalue weighted by Gasteiger charge is 2.13. The minimum absolute atomic E-state index is 0.196. The standard InChI is InChI=1S/C10H22BO2/c1-9(2,3)7-12-11-13-8-10(4,5)6/h7-8H2,1-6H3. The van der Waals surface area contributed by atoms with Crippen LogP contribution in [0.1, 0.15) is 41.5 Å². The maximum Gasteiger partial charge on any atom is 0.488 e. The molecule has 13 heavy (non-hydrogen) atoms. The van der Waals surface area contributed by atoms with Crippen LogP contribution in [0.15, 0.2) is 0 Å². The van der Waals surface area contributed by atoms with Crippen molar-refractivity contribution in [1.29, 1.82) is 0 Å². The summed E-state index contributed by atoms with van der Waals surface area (Å²) in [5.41, 5.74) is 0.392. The molecule has 1 radical (unpaired) electrons. The van der Waals surface area contributed by atoms with Gasteiger partial charge in [-0.3, -0.25) is 0 Å². The van der Waals surface area contributed by atoms with E-state index in [0.717, 1.165) is 0 Å². The van der Waals surface area contributed by atoms with Crippen molar-refractivity contribution < 1.29 is 9.31 Å². The van der Waals surface area contributed by atoms with E-state index in [2.05, 4.69) is 41.5 Å². The van der Waals surface area contributed by atoms with E-state index in [1.165, 1.54) is 7.69 Å². The molecule has 0 unspecified atom stereocenters. The summed E-state index contributed by atoms with van der Waals surface area (Å²) in [6.07, 6.45) is 0. The molecule has 0 bridgehead atoms. The summed E-state index contributed by atoms with van der Waals surface area (Å²) in [5.74, 6) is 0. The lowest BCUT2D eigenvalue weighted by Gasteiger charge is -2.20. The van der Waals surface area contributed by atoms with E-state index in [0.29, 0.717) is 13.2 Å². The minimum atomic E-state index is 0.196. The van der Waals surface area contributed by atoms with E-state index < -0.39 is 0 Å². The second-order valence-corrected chi connectivity index (χ2v) is 5.84. The molecule has 0 spiro atoms. The summed E-state index contributed by atoms with van der Waals surface area (Å²) in [4.78, 5) is 0. The van der Waals surface area contributed by atoms with E-state index in [9.17, 15) is 0 Å². The first kappa shape index (κ1) is 13.0. The van der Waals surface area contributed by atoms with Crippen LogP contribution in [-0.4, -0.2) is 20.9 Å². The van der Waals surface area contributed by atoms with Gasteiger partial charge < -0.3 is 9.31 Å². The predicted molar refractivity (Wildman–Crippen MR) is 56.6 cm³/mol. The fourth-order valence-corrected chi connectivity index (χ4v) is 0.616. The molecule has 0 aromatic heterocycles. The molecule has 0 aromatic carbocycles. The van der Waals surface area contributed by atoms with Crippen LogP contribution in [0.3, 0.4) is 0 Å². The SMILES string of the molecule is CC(C)(C)CO[B]OCC(C)(C)C. The summed E-state index contributed by atoms with van der Waals surface area (Å²) in [6, 6.07) is 0. The van der Waals surface area contributed by atoms with Gasteiger partial charge in [0.1, 0.15) is 0 Å². The van der Waals surface area contributed by atoms with Crippen LogP contribution < -0.4 is 0 Å². The molecule has 0 saturated heterocycles. The number of hydrogen-bond donors (Lipinski definition) is 0. The van der Waals surface area contributed by atoms with Crippen molar-refractivity contribution in [1.82, 2.24) is 0 Å². The van der Waals surface area contributed by atoms with Gasteiger partial charge in [0.05, 0.1) is 0 Å². The van der Waals surface area contributed by atoms with Crippen molar-refractivity contribution in [2.45, 2.75) is 41.5 Å². The quantitative estimate of drug-likeness (QED) is 0.495. The van der Waals surface area contributed by atoms with E-state index in [4.69, 9.17) is 9.31 Å². The molecule has 0 aliphatic carbocycles. The molecular formula is C10H22BO2. The van der Waals surface area contributed by atoms with E-state index in [1.807, 2.05) is 0 Å². The predicted octanol–water partition coefficient (Wildman–Crippen LogP) is 2.65. The van der Waals surface area contributed by atoms with Crippen molar-refractivity contribution in [3.05, 3.63) is 0 Å². The highest BCUT2D eigenvalue weighted by atomic mass is 16.6. The topological polar surface area (TPSA) is 18.5 Å². The molecule has 0 rings (SSSR count). The summed E-state index contributed by atoms with van der Waals surface area (Å²) >= 11 is 0. The van der Waals surface area contributed by atoms with Crippen molar-refractivity contribution in [3.63, 3.8) is 0 Å². The molecule has 0 atom stereocenters. The highest BCUT2D eigenvalue weighted by molar-refractivity contribution is 6.17. The third kappa shape index (κ3) is 12.0. The Morgan fingerprint density at radius 3 is 1.31 bits per heavy atom. The van der Waals surface area contributed by atoms with Gasteiger partial charge in [-0.25, -0.2) is 0 Å². The lowest BCUT2D eigenvalue weighted by Crippen LogP contribution is -2.21. The highest BCUT2D eigenvalue weighted by Crippen LogP contribution is 2.14. The minimum Gasteiger partial charge on any atom is -0.413 e. The molecule has 0 N–H and O–H groups in total. The second-order valence-electron chi connectivity index (χ2n) is 5.84. The Morgan fingerprint density at radius 1 is 0.769 bits per heavy atom. The van der Waals surface area contributed by atoms with Gasteiger partial charge in [0.2, 0.25) is 0 Å². The van der Waals surface area contributed by atoms with Crippen LogP contribution in [0.2, 0.25) is 0 Å². The smallest absolute Gasteiger partial charge is 0.413 e. The summed E-state index contributed by atoms with van der Waals surface area (Å²) < 4.78 is 10.5. The molecule has 0 aliphatic heterocycles. The van der Waals surface area contributed by atoms with Crippen LogP contribution in [0, 0.1) is 10.8 Å². The summed E-state index contributed by atoms with van der Waals surface area (Å²) in [5, 5.41) is 0. The van der Waals surface area contributed by atoms with Gasteiger partial charge >= 0.3 is 7.69 Å². The lowest BCUT2D eigenvalue weighted by molar-refractivity contribution is 0.129. The second kappa shape index (κ2) is 5.01. The van der Waals surface area contributed by atoms with Crippen molar-refractivity contribution >= 4 is 7.69 Å². The van der Waals surface area contributed by atoms with Crippen LogP contribution in [0.5, 0.6) is 0 Å². The summed E-state index contributed by atoms with van der Waals surface area (Å²) in [7, 11) is 1.45. The Labute approximate surface area is 83.3 Å². The van der Waals surface area contributed by atoms with E-state index in [-0.39, 0.29) is 10.8 Å². The average Bonchev–Trinajstić information content (AvgIpc) is 1.81. The molecule has 2 nitrogen and oxygen atoms in total. The van der Waals surface area contributed by atoms with Crippen LogP contribution in [0.4, 0.5) is 0 Å². The van der Waals surface area contributed by atoms with Gasteiger partial charge in [0.15, 0.2) is 0 Å². The van der Waals surface area contributed by atoms with Crippen LogP contribution in [-0.2, 0) is 9.31 Å². The number of rotatable bonds is 4. The monoisotopic (exact) mass is 185 g/mol. The fourth-order valence-electron chi connectivity index (χ4n) is 0.616. The Bertz CT molecular complexity index is 117. The zero-order chi connectivity index (χ0) is 10.5. The number of hydrogen-bond acceptors (Lipinski definition) is 2. The maximum atomic E-state index is 5.25. The first-order valence-corrected chi connectivity index (χ1v) is 4.76. The van der Waals surface area contributed by atoms with Gasteiger partial charge in [-0.05, 0) is 10.8 Å². The third-order valence-electron chi connectivity index (χ3n) is 1.17. The van der Waals surface area contributed by atoms with Crippen molar-refractivity contribution in [2.75, 3.05) is 13.2 Å². The van der Waals surface area contributed by atoms with Crippen molar-refractivity contribution in [3.8, 4) is 0 Å². The molecule has 77 valence electrons. The maximum absolute atomic E-state index is 5.25. The first-order chi connectivity index (χ1) is 5.71. The van der Waals surface area contributed by atoms with Crippen LogP contribution in [0.25, 0.3) is 0 Å². The summed E-state index contributed by atoms with van der Waals surface area (Å²) in [6.45, 7) is 14.2. The van der Waals surface area contributed by atoms with Gasteiger partial charge in [0.25, 0.3) is 0 Å². The van der Waals surface area contributed by atoms with Crippen LogP contribution >= 0.6 is 0 Å². The molecule has 0 amide bonds. The average molecular weight is 185 g/mol. The molecular weight excluding hydrogens is 163 g/mol. The van der Waals surface area contributed by atoms with Gasteiger partial charge in [-0.15, -0.1) is 0 Å². The zero-order valence-electron chi connectivity index (χ0n) is 9.81. The molecule has 0 heterocycles. The third-order valence-corrected chi connectivity index (χ3v) is 1.17. The van der Waals surface area contributed by atoms with Gasteiger partial charge in [0, 0.05) is 13.2 Å². The largest absolute Gasteiger partial charge is 0.488 e. The molecule has 0 saturated carbocycles. The Kier molecular flexibility index (Phi) is 5.01. The lowest BCUT2D eigenvalue weighted by atomic mass is 9.97. The first-order valence-electron chi connectivity index (χ1n) is 4.76. The Hall–Kier alpha value is -0.0151. The zero-order valence-corrected chi connectivity index (χ0v) is 9.81. The molecule has 0 aliphatic rings. The van der Waals surface area contributed by atoms with E-state index in [1.54, 1.807) is 0 Å². The molecule has 3 heteroatoms.